The summed E-state index contributed by atoms with van der Waals surface area (Å²) in [5, 5.41) is 6.33. The number of carbonyl (C=O) groups excluding carboxylic acids is 1. The molecule has 5 rings (SSSR count). The molecule has 0 aromatic carbocycles. The van der Waals surface area contributed by atoms with E-state index in [0.29, 0.717) is 30.9 Å². The van der Waals surface area contributed by atoms with Crippen LogP contribution in [0.5, 0.6) is 0 Å². The number of hydrogen-bond acceptors (Lipinski definition) is 6. The van der Waals surface area contributed by atoms with Crippen molar-refractivity contribution in [3.63, 3.8) is 0 Å². The van der Waals surface area contributed by atoms with Gasteiger partial charge in [0.05, 0.1) is 28.6 Å². The Labute approximate surface area is 213 Å². The van der Waals surface area contributed by atoms with Gasteiger partial charge in [-0.25, -0.2) is 9.97 Å². The van der Waals surface area contributed by atoms with Crippen molar-refractivity contribution in [2.24, 2.45) is 11.1 Å². The Hall–Kier alpha value is -3.27. The van der Waals surface area contributed by atoms with E-state index in [9.17, 15) is 18.0 Å². The Morgan fingerprint density at radius 2 is 1.84 bits per heavy atom. The number of aryl methyl sites for hydroxylation is 1. The standard InChI is InChI=1S/C27H31F3N6O/c28-27(29,30)21-16-34-25(35-19-6-8-22(33-15-19)18-9-13-32-14-10-18)36-23(21)7-5-17-3-1-2-4-20(17)26(11-12-26)24(31)37/h3-4,6,8,15-16,18,32H,1-2,5,7,9-14H2,(H2,31,37)(H,34,35,36). The van der Waals surface area contributed by atoms with E-state index in [1.807, 2.05) is 24.3 Å². The second kappa shape index (κ2) is 10.2. The van der Waals surface area contributed by atoms with Gasteiger partial charge >= 0.3 is 6.18 Å². The average Bonchev–Trinajstić information content (AvgIpc) is 3.70. The molecule has 7 nitrogen and oxygen atoms in total. The molecule has 1 amide bonds. The van der Waals surface area contributed by atoms with E-state index in [-0.39, 0.29) is 24.0 Å². The van der Waals surface area contributed by atoms with Gasteiger partial charge < -0.3 is 16.4 Å². The fourth-order valence-electron chi connectivity index (χ4n) is 5.36. The van der Waals surface area contributed by atoms with E-state index in [4.69, 9.17) is 5.73 Å². The molecule has 0 unspecified atom stereocenters. The molecule has 0 atom stereocenters. The number of allylic oxidation sites excluding steroid dienone is 3. The van der Waals surface area contributed by atoms with Crippen molar-refractivity contribution >= 4 is 17.5 Å². The molecule has 2 aromatic rings. The number of pyridine rings is 1. The first-order valence-electron chi connectivity index (χ1n) is 12.8. The van der Waals surface area contributed by atoms with Gasteiger partial charge in [-0.2, -0.15) is 13.2 Å². The molecule has 3 heterocycles. The molecular formula is C27H31F3N6O. The summed E-state index contributed by atoms with van der Waals surface area (Å²) >= 11 is 0. The molecule has 2 aromatic heterocycles. The number of carbonyl (C=O) groups is 1. The predicted octanol–water partition coefficient (Wildman–Crippen LogP) is 4.95. The smallest absolute Gasteiger partial charge is 0.369 e. The van der Waals surface area contributed by atoms with Crippen LogP contribution < -0.4 is 16.4 Å². The monoisotopic (exact) mass is 512 g/mol. The largest absolute Gasteiger partial charge is 0.419 e. The number of amides is 1. The van der Waals surface area contributed by atoms with E-state index < -0.39 is 17.2 Å². The number of rotatable bonds is 8. The number of piperidine rings is 1. The predicted molar refractivity (Wildman–Crippen MR) is 134 cm³/mol. The van der Waals surface area contributed by atoms with Gasteiger partial charge in [0, 0.05) is 17.8 Å². The third-order valence-corrected chi connectivity index (χ3v) is 7.59. The minimum absolute atomic E-state index is 0.0664. The Bertz CT molecular complexity index is 1210. The zero-order chi connectivity index (χ0) is 26.0. The summed E-state index contributed by atoms with van der Waals surface area (Å²) in [6.07, 6.45) is 7.38. The maximum absolute atomic E-state index is 13.8. The normalized spacial score (nSPS) is 19.6. The number of nitrogens with one attached hydrogen (secondary N) is 2. The molecule has 2 fully saturated rings. The Morgan fingerprint density at radius 1 is 1.08 bits per heavy atom. The van der Waals surface area contributed by atoms with E-state index in [0.717, 1.165) is 61.8 Å². The van der Waals surface area contributed by atoms with Crippen molar-refractivity contribution in [2.75, 3.05) is 18.4 Å². The van der Waals surface area contributed by atoms with Crippen LogP contribution in [-0.4, -0.2) is 33.9 Å². The Morgan fingerprint density at radius 3 is 2.49 bits per heavy atom. The summed E-state index contributed by atoms with van der Waals surface area (Å²) in [5.41, 5.74) is 7.46. The lowest BCUT2D eigenvalue weighted by molar-refractivity contribution is -0.138. The quantitative estimate of drug-likeness (QED) is 0.462. The van der Waals surface area contributed by atoms with Gasteiger partial charge in [-0.3, -0.25) is 9.78 Å². The van der Waals surface area contributed by atoms with Gasteiger partial charge in [-0.15, -0.1) is 0 Å². The highest BCUT2D eigenvalue weighted by Crippen LogP contribution is 2.55. The first kappa shape index (κ1) is 25.4. The maximum atomic E-state index is 13.8. The van der Waals surface area contributed by atoms with Crippen LogP contribution in [0.25, 0.3) is 0 Å². The fourth-order valence-corrected chi connectivity index (χ4v) is 5.36. The molecule has 3 aliphatic rings. The van der Waals surface area contributed by atoms with E-state index in [1.165, 1.54) is 0 Å². The van der Waals surface area contributed by atoms with Gasteiger partial charge in [0.1, 0.15) is 0 Å². The van der Waals surface area contributed by atoms with Crippen molar-refractivity contribution in [3.05, 3.63) is 64.8 Å². The second-order valence-corrected chi connectivity index (χ2v) is 10.0. The van der Waals surface area contributed by atoms with Gasteiger partial charge in [-0.05, 0) is 87.7 Å². The number of nitrogens with zero attached hydrogens (tertiary/aromatic N) is 3. The minimum atomic E-state index is -4.57. The molecule has 37 heavy (non-hydrogen) atoms. The summed E-state index contributed by atoms with van der Waals surface area (Å²) < 4.78 is 41.3. The molecule has 0 spiro atoms. The van der Waals surface area contributed by atoms with Gasteiger partial charge in [0.15, 0.2) is 0 Å². The molecule has 4 N–H and O–H groups in total. The number of nitrogens with two attached hydrogens (primary N) is 1. The Kier molecular flexibility index (Phi) is 7.02. The minimum Gasteiger partial charge on any atom is -0.369 e. The first-order chi connectivity index (χ1) is 17.8. The van der Waals surface area contributed by atoms with Crippen LogP contribution in [0.1, 0.15) is 67.8 Å². The van der Waals surface area contributed by atoms with Crippen molar-refractivity contribution in [2.45, 2.75) is 63.5 Å². The number of alkyl halides is 3. The van der Waals surface area contributed by atoms with Gasteiger partial charge in [0.2, 0.25) is 11.9 Å². The van der Waals surface area contributed by atoms with Crippen LogP contribution in [0.4, 0.5) is 24.8 Å². The summed E-state index contributed by atoms with van der Waals surface area (Å²) in [4.78, 5) is 24.8. The number of hydrogen-bond donors (Lipinski definition) is 3. The highest BCUT2D eigenvalue weighted by Gasteiger charge is 2.52. The number of anilines is 2. The lowest BCUT2D eigenvalue weighted by Crippen LogP contribution is -2.28. The van der Waals surface area contributed by atoms with Crippen LogP contribution in [0.2, 0.25) is 0 Å². The number of aromatic nitrogens is 3. The number of halogens is 3. The third kappa shape index (κ3) is 5.53. The average molecular weight is 513 g/mol. The molecule has 0 radical (unpaired) electrons. The lowest BCUT2D eigenvalue weighted by Gasteiger charge is -2.23. The first-order valence-corrected chi connectivity index (χ1v) is 12.8. The van der Waals surface area contributed by atoms with Crippen molar-refractivity contribution in [1.29, 1.82) is 0 Å². The summed E-state index contributed by atoms with van der Waals surface area (Å²) in [6.45, 7) is 1.93. The van der Waals surface area contributed by atoms with Crippen LogP contribution >= 0.6 is 0 Å². The molecule has 10 heteroatoms. The molecule has 196 valence electrons. The van der Waals surface area contributed by atoms with Crippen molar-refractivity contribution in [1.82, 2.24) is 20.3 Å². The highest BCUT2D eigenvalue weighted by atomic mass is 19.4. The van der Waals surface area contributed by atoms with Crippen LogP contribution in [0, 0.1) is 5.41 Å². The zero-order valence-electron chi connectivity index (χ0n) is 20.6. The van der Waals surface area contributed by atoms with Crippen LogP contribution in [0.3, 0.4) is 0 Å². The summed E-state index contributed by atoms with van der Waals surface area (Å²) in [5.74, 6) is 0.126. The molecule has 2 aliphatic carbocycles. The molecular weight excluding hydrogens is 481 g/mol. The maximum Gasteiger partial charge on any atom is 0.419 e. The van der Waals surface area contributed by atoms with Gasteiger partial charge in [0.25, 0.3) is 0 Å². The lowest BCUT2D eigenvalue weighted by atomic mass is 9.82. The fraction of sp³-hybridized carbons (Fsp3) is 0.481. The van der Waals surface area contributed by atoms with E-state index in [1.54, 1.807) is 6.20 Å². The zero-order valence-corrected chi connectivity index (χ0v) is 20.6. The van der Waals surface area contributed by atoms with E-state index in [2.05, 4.69) is 25.6 Å². The van der Waals surface area contributed by atoms with Crippen molar-refractivity contribution < 1.29 is 18.0 Å². The summed E-state index contributed by atoms with van der Waals surface area (Å²) in [7, 11) is 0. The topological polar surface area (TPSA) is 106 Å². The van der Waals surface area contributed by atoms with Crippen LogP contribution in [-0.2, 0) is 17.4 Å². The molecule has 1 saturated carbocycles. The molecule has 1 saturated heterocycles. The van der Waals surface area contributed by atoms with Gasteiger partial charge in [-0.1, -0.05) is 12.2 Å². The SMILES string of the molecule is NC(=O)C1(C2=CCCC=C2CCc2nc(Nc3ccc(C4CCNCC4)nc3)ncc2C(F)(F)F)CC1. The van der Waals surface area contributed by atoms with Crippen LogP contribution in [0.15, 0.2) is 47.8 Å². The molecule has 1 aliphatic heterocycles. The summed E-state index contributed by atoms with van der Waals surface area (Å²) in [6, 6.07) is 3.80. The highest BCUT2D eigenvalue weighted by molar-refractivity contribution is 5.88. The third-order valence-electron chi connectivity index (χ3n) is 7.59. The second-order valence-electron chi connectivity index (χ2n) is 10.0. The van der Waals surface area contributed by atoms with E-state index >= 15 is 0 Å². The molecule has 0 bridgehead atoms. The van der Waals surface area contributed by atoms with Crippen molar-refractivity contribution in [3.8, 4) is 0 Å². The number of primary amides is 1. The Balaban J connectivity index is 1.32.